The summed E-state index contributed by atoms with van der Waals surface area (Å²) in [6.07, 6.45) is -1.75. The van der Waals surface area contributed by atoms with Gasteiger partial charge in [-0.3, -0.25) is 4.90 Å². The molecule has 100 valence electrons. The van der Waals surface area contributed by atoms with Crippen LogP contribution < -0.4 is 4.74 Å². The SMILES string of the molecule is FC(F)(F)CN1CC[C@H](COc2ccccn2)C1. The Kier molecular flexibility index (Phi) is 4.06. The van der Waals surface area contributed by atoms with Gasteiger partial charge in [0.25, 0.3) is 0 Å². The Balaban J connectivity index is 1.73. The van der Waals surface area contributed by atoms with Crippen LogP contribution in [0.1, 0.15) is 6.42 Å². The van der Waals surface area contributed by atoms with Crippen LogP contribution in [0.25, 0.3) is 0 Å². The lowest BCUT2D eigenvalue weighted by Crippen LogP contribution is -2.32. The summed E-state index contributed by atoms with van der Waals surface area (Å²) in [6, 6.07) is 5.34. The van der Waals surface area contributed by atoms with E-state index in [4.69, 9.17) is 4.74 Å². The molecule has 6 heteroatoms. The largest absolute Gasteiger partial charge is 0.477 e. The third-order valence-corrected chi connectivity index (χ3v) is 2.88. The smallest absolute Gasteiger partial charge is 0.401 e. The monoisotopic (exact) mass is 260 g/mol. The van der Waals surface area contributed by atoms with Crippen LogP contribution in [-0.4, -0.2) is 42.3 Å². The maximum absolute atomic E-state index is 12.2. The van der Waals surface area contributed by atoms with Crippen LogP contribution in [0.5, 0.6) is 5.88 Å². The molecule has 2 heterocycles. The molecule has 0 radical (unpaired) electrons. The molecule has 1 saturated heterocycles. The van der Waals surface area contributed by atoms with E-state index in [1.54, 1.807) is 18.3 Å². The lowest BCUT2D eigenvalue weighted by molar-refractivity contribution is -0.143. The van der Waals surface area contributed by atoms with Gasteiger partial charge in [-0.15, -0.1) is 0 Å². The summed E-state index contributed by atoms with van der Waals surface area (Å²) >= 11 is 0. The summed E-state index contributed by atoms with van der Waals surface area (Å²) in [5.41, 5.74) is 0. The van der Waals surface area contributed by atoms with Crippen LogP contribution in [0.15, 0.2) is 24.4 Å². The fourth-order valence-electron chi connectivity index (χ4n) is 2.08. The summed E-state index contributed by atoms with van der Waals surface area (Å²) in [4.78, 5) is 5.43. The van der Waals surface area contributed by atoms with Crippen molar-refractivity contribution in [2.45, 2.75) is 12.6 Å². The second kappa shape index (κ2) is 5.56. The Bertz CT molecular complexity index is 369. The van der Waals surface area contributed by atoms with Crippen LogP contribution in [0.3, 0.4) is 0 Å². The number of ether oxygens (including phenoxy) is 1. The van der Waals surface area contributed by atoms with E-state index in [9.17, 15) is 13.2 Å². The Hall–Kier alpha value is -1.30. The fourth-order valence-corrected chi connectivity index (χ4v) is 2.08. The molecule has 0 saturated carbocycles. The van der Waals surface area contributed by atoms with Gasteiger partial charge in [0, 0.05) is 24.7 Å². The zero-order chi connectivity index (χ0) is 13.0. The molecule has 3 nitrogen and oxygen atoms in total. The van der Waals surface area contributed by atoms with Gasteiger partial charge < -0.3 is 4.74 Å². The van der Waals surface area contributed by atoms with E-state index in [2.05, 4.69) is 4.98 Å². The number of hydrogen-bond acceptors (Lipinski definition) is 3. The Morgan fingerprint density at radius 1 is 1.39 bits per heavy atom. The highest BCUT2D eigenvalue weighted by Crippen LogP contribution is 2.23. The highest BCUT2D eigenvalue weighted by molar-refractivity contribution is 5.09. The van der Waals surface area contributed by atoms with Crippen molar-refractivity contribution in [1.82, 2.24) is 9.88 Å². The molecular weight excluding hydrogens is 245 g/mol. The number of nitrogens with zero attached hydrogens (tertiary/aromatic N) is 2. The van der Waals surface area contributed by atoms with Crippen molar-refractivity contribution in [3.63, 3.8) is 0 Å². The van der Waals surface area contributed by atoms with Crippen molar-refractivity contribution in [3.8, 4) is 5.88 Å². The number of pyridine rings is 1. The minimum atomic E-state index is -4.11. The molecule has 1 fully saturated rings. The Morgan fingerprint density at radius 3 is 2.89 bits per heavy atom. The molecule has 1 atom stereocenters. The van der Waals surface area contributed by atoms with E-state index in [-0.39, 0.29) is 5.92 Å². The average molecular weight is 260 g/mol. The van der Waals surface area contributed by atoms with Crippen molar-refractivity contribution < 1.29 is 17.9 Å². The molecule has 18 heavy (non-hydrogen) atoms. The maximum atomic E-state index is 12.2. The number of likely N-dealkylation sites (tertiary alicyclic amines) is 1. The zero-order valence-electron chi connectivity index (χ0n) is 9.86. The summed E-state index contributed by atoms with van der Waals surface area (Å²) in [5.74, 6) is 0.668. The van der Waals surface area contributed by atoms with Gasteiger partial charge in [-0.05, 0) is 19.0 Å². The van der Waals surface area contributed by atoms with E-state index in [0.717, 1.165) is 6.42 Å². The summed E-state index contributed by atoms with van der Waals surface area (Å²) in [5, 5.41) is 0. The van der Waals surface area contributed by atoms with E-state index >= 15 is 0 Å². The standard InChI is InChI=1S/C12H15F3N2O/c13-12(14,15)9-17-6-4-10(7-17)8-18-11-3-1-2-5-16-11/h1-3,5,10H,4,6-9H2/t10-/m0/s1. The second-order valence-electron chi connectivity index (χ2n) is 4.48. The third kappa shape index (κ3) is 4.18. The summed E-state index contributed by atoms with van der Waals surface area (Å²) in [7, 11) is 0. The summed E-state index contributed by atoms with van der Waals surface area (Å²) < 4.78 is 42.1. The second-order valence-corrected chi connectivity index (χ2v) is 4.48. The fraction of sp³-hybridized carbons (Fsp3) is 0.583. The van der Waals surface area contributed by atoms with Crippen molar-refractivity contribution in [1.29, 1.82) is 0 Å². The first-order chi connectivity index (χ1) is 8.53. The lowest BCUT2D eigenvalue weighted by Gasteiger charge is -2.17. The first kappa shape index (κ1) is 13.1. The molecule has 0 unspecified atom stereocenters. The molecule has 0 aliphatic carbocycles. The minimum absolute atomic E-state index is 0.148. The van der Waals surface area contributed by atoms with Crippen molar-refractivity contribution in [2.24, 2.45) is 5.92 Å². The van der Waals surface area contributed by atoms with Gasteiger partial charge in [0.05, 0.1) is 13.2 Å². The molecular formula is C12H15F3N2O. The number of alkyl halides is 3. The molecule has 2 rings (SSSR count). The Morgan fingerprint density at radius 2 is 2.22 bits per heavy atom. The van der Waals surface area contributed by atoms with E-state index < -0.39 is 12.7 Å². The van der Waals surface area contributed by atoms with Crippen molar-refractivity contribution in [3.05, 3.63) is 24.4 Å². The predicted molar refractivity (Wildman–Crippen MR) is 60.3 cm³/mol. The van der Waals surface area contributed by atoms with E-state index in [1.807, 2.05) is 6.07 Å². The number of aromatic nitrogens is 1. The average Bonchev–Trinajstić information content (AvgIpc) is 2.73. The van der Waals surface area contributed by atoms with Gasteiger partial charge in [0.15, 0.2) is 0 Å². The molecule has 0 spiro atoms. The van der Waals surface area contributed by atoms with Crippen LogP contribution >= 0.6 is 0 Å². The summed E-state index contributed by atoms with van der Waals surface area (Å²) in [6.45, 7) is 0.514. The molecule has 1 aliphatic rings. The van der Waals surface area contributed by atoms with Crippen LogP contribution in [0, 0.1) is 5.92 Å². The van der Waals surface area contributed by atoms with Crippen molar-refractivity contribution >= 4 is 0 Å². The highest BCUT2D eigenvalue weighted by atomic mass is 19.4. The zero-order valence-corrected chi connectivity index (χ0v) is 9.86. The van der Waals surface area contributed by atoms with E-state index in [0.29, 0.717) is 25.6 Å². The quantitative estimate of drug-likeness (QED) is 0.831. The lowest BCUT2D eigenvalue weighted by atomic mass is 10.1. The normalized spacial score (nSPS) is 21.2. The number of rotatable bonds is 4. The van der Waals surface area contributed by atoms with Gasteiger partial charge in [-0.25, -0.2) is 4.98 Å². The van der Waals surface area contributed by atoms with Crippen LogP contribution in [0.4, 0.5) is 13.2 Å². The predicted octanol–water partition coefficient (Wildman–Crippen LogP) is 2.34. The van der Waals surface area contributed by atoms with Gasteiger partial charge in [-0.2, -0.15) is 13.2 Å². The molecule has 1 aromatic rings. The molecule has 0 amide bonds. The van der Waals surface area contributed by atoms with Crippen molar-refractivity contribution in [2.75, 3.05) is 26.2 Å². The topological polar surface area (TPSA) is 25.4 Å². The van der Waals surface area contributed by atoms with E-state index in [1.165, 1.54) is 4.90 Å². The third-order valence-electron chi connectivity index (χ3n) is 2.88. The highest BCUT2D eigenvalue weighted by Gasteiger charge is 2.34. The number of hydrogen-bond donors (Lipinski definition) is 0. The molecule has 0 bridgehead atoms. The van der Waals surface area contributed by atoms with Gasteiger partial charge in [0.2, 0.25) is 5.88 Å². The molecule has 0 aromatic carbocycles. The first-order valence-corrected chi connectivity index (χ1v) is 5.86. The van der Waals surface area contributed by atoms with Gasteiger partial charge in [0.1, 0.15) is 0 Å². The Labute approximate surface area is 104 Å². The number of halogens is 3. The van der Waals surface area contributed by atoms with Crippen LogP contribution in [-0.2, 0) is 0 Å². The maximum Gasteiger partial charge on any atom is 0.401 e. The first-order valence-electron chi connectivity index (χ1n) is 5.86. The van der Waals surface area contributed by atoms with Gasteiger partial charge >= 0.3 is 6.18 Å². The molecule has 1 aromatic heterocycles. The molecule has 0 N–H and O–H groups in total. The van der Waals surface area contributed by atoms with Gasteiger partial charge in [-0.1, -0.05) is 6.07 Å². The van der Waals surface area contributed by atoms with Crippen LogP contribution in [0.2, 0.25) is 0 Å². The molecule has 1 aliphatic heterocycles. The minimum Gasteiger partial charge on any atom is -0.477 e.